The molecule has 3 aromatic carbocycles. The minimum atomic E-state index is 0.740. The zero-order valence-corrected chi connectivity index (χ0v) is 18.5. The third kappa shape index (κ3) is 3.58. The van der Waals surface area contributed by atoms with E-state index < -0.39 is 0 Å². The predicted octanol–water partition coefficient (Wildman–Crippen LogP) is 4.78. The van der Waals surface area contributed by atoms with E-state index in [9.17, 15) is 0 Å². The fourth-order valence-electron chi connectivity index (χ4n) is 3.97. The Morgan fingerprint density at radius 1 is 0.781 bits per heavy atom. The van der Waals surface area contributed by atoms with E-state index in [2.05, 4.69) is 88.4 Å². The lowest BCUT2D eigenvalue weighted by Crippen LogP contribution is -2.41. The lowest BCUT2D eigenvalue weighted by Gasteiger charge is -2.09. The van der Waals surface area contributed by atoms with Gasteiger partial charge in [-0.05, 0) is 41.8 Å². The van der Waals surface area contributed by atoms with Crippen molar-refractivity contribution in [3.63, 3.8) is 0 Å². The Balaban J connectivity index is 1.81. The highest BCUT2D eigenvalue weighted by Crippen LogP contribution is 2.30. The summed E-state index contributed by atoms with van der Waals surface area (Å²) in [4.78, 5) is 0. The summed E-state index contributed by atoms with van der Waals surface area (Å²) < 4.78 is 15.0. The number of aryl methyl sites for hydroxylation is 3. The van der Waals surface area contributed by atoms with Gasteiger partial charge in [0.1, 0.15) is 29.9 Å². The van der Waals surface area contributed by atoms with Crippen LogP contribution < -0.4 is 14.0 Å². The summed E-state index contributed by atoms with van der Waals surface area (Å²) in [5, 5.41) is 0. The average molecular weight is 423 g/mol. The van der Waals surface area contributed by atoms with Crippen molar-refractivity contribution in [2.45, 2.75) is 13.8 Å². The molecule has 0 amide bonds. The topological polar surface area (TPSA) is 26.8 Å². The molecule has 2 heterocycles. The Morgan fingerprint density at radius 2 is 1.44 bits per heavy atom. The largest absolute Gasteiger partial charge is 0.409 e. The van der Waals surface area contributed by atoms with Crippen LogP contribution in [0.1, 0.15) is 11.1 Å². The second-order valence-corrected chi connectivity index (χ2v) is 7.94. The van der Waals surface area contributed by atoms with Gasteiger partial charge >= 0.3 is 5.88 Å². The highest BCUT2D eigenvalue weighted by Gasteiger charge is 2.32. The molecule has 5 nitrogen and oxygen atoms in total. The van der Waals surface area contributed by atoms with E-state index in [4.69, 9.17) is 4.74 Å². The normalized spacial score (nSPS) is 11.0. The van der Waals surface area contributed by atoms with Crippen molar-refractivity contribution >= 4 is 0 Å². The SMILES string of the molecule is Cc1cccc(C)c1Oc1cc(-n2cc[n+](C)c2)n(-c2ccccc2)[n+]1-c1ccccc1. The lowest BCUT2D eigenvalue weighted by atomic mass is 10.1. The van der Waals surface area contributed by atoms with Gasteiger partial charge in [0, 0.05) is 12.1 Å². The van der Waals surface area contributed by atoms with E-state index in [1.165, 1.54) is 0 Å². The summed E-state index contributed by atoms with van der Waals surface area (Å²) in [6, 6.07) is 29.0. The molecule has 5 aromatic rings. The maximum atomic E-state index is 6.62. The number of imidazole rings is 1. The molecule has 0 bridgehead atoms. The molecule has 0 aliphatic rings. The van der Waals surface area contributed by atoms with Gasteiger partial charge in [-0.3, -0.25) is 0 Å². The minimum Gasteiger partial charge on any atom is -0.402 e. The van der Waals surface area contributed by atoms with Crippen LogP contribution >= 0.6 is 0 Å². The molecule has 5 heteroatoms. The Morgan fingerprint density at radius 3 is 2.06 bits per heavy atom. The standard InChI is InChI=1S/C27H26N4O/c1-21-11-10-12-22(2)27(21)32-26-19-25(29-18-17-28(3)20-29)30(23-13-6-4-7-14-23)31(26)24-15-8-5-9-16-24/h4-20H,1-3H3/q+2. The first-order chi connectivity index (χ1) is 15.6. The number of hydrogen-bond acceptors (Lipinski definition) is 1. The summed E-state index contributed by atoms with van der Waals surface area (Å²) in [7, 11) is 2.02. The van der Waals surface area contributed by atoms with Crippen LogP contribution in [0.5, 0.6) is 11.6 Å². The Labute approximate surface area is 188 Å². The molecule has 0 aliphatic carbocycles. The Hall–Kier alpha value is -4.12. The van der Waals surface area contributed by atoms with Crippen LogP contribution in [0, 0.1) is 13.8 Å². The lowest BCUT2D eigenvalue weighted by molar-refractivity contribution is -0.679. The van der Waals surface area contributed by atoms with Crippen molar-refractivity contribution < 1.29 is 14.0 Å². The average Bonchev–Trinajstić information content (AvgIpc) is 3.41. The maximum absolute atomic E-state index is 6.62. The van der Waals surface area contributed by atoms with Crippen molar-refractivity contribution in [2.75, 3.05) is 0 Å². The second kappa shape index (κ2) is 8.19. The maximum Gasteiger partial charge on any atom is 0.409 e. The Bertz CT molecular complexity index is 1350. The summed E-state index contributed by atoms with van der Waals surface area (Å²) in [6.45, 7) is 4.16. The van der Waals surface area contributed by atoms with E-state index in [0.717, 1.165) is 39.9 Å². The molecule has 0 saturated heterocycles. The van der Waals surface area contributed by atoms with Crippen LogP contribution in [0.15, 0.2) is 104 Å². The number of hydrogen-bond donors (Lipinski definition) is 0. The van der Waals surface area contributed by atoms with E-state index in [1.54, 1.807) is 0 Å². The van der Waals surface area contributed by atoms with E-state index >= 15 is 0 Å². The first-order valence-corrected chi connectivity index (χ1v) is 10.7. The zero-order valence-electron chi connectivity index (χ0n) is 18.5. The molecule has 0 spiro atoms. The predicted molar refractivity (Wildman–Crippen MR) is 124 cm³/mol. The molecule has 0 fully saturated rings. The third-order valence-corrected chi connectivity index (χ3v) is 5.53. The molecule has 2 aromatic heterocycles. The summed E-state index contributed by atoms with van der Waals surface area (Å²) in [5.41, 5.74) is 4.26. The number of ether oxygens (including phenoxy) is 1. The third-order valence-electron chi connectivity index (χ3n) is 5.53. The highest BCUT2D eigenvalue weighted by atomic mass is 16.5. The second-order valence-electron chi connectivity index (χ2n) is 7.94. The van der Waals surface area contributed by atoms with Crippen LogP contribution in [0.4, 0.5) is 0 Å². The van der Waals surface area contributed by atoms with Gasteiger partial charge in [0.2, 0.25) is 12.0 Å². The number of benzene rings is 3. The van der Waals surface area contributed by atoms with Gasteiger partial charge in [0.15, 0.2) is 0 Å². The number of rotatable bonds is 5. The van der Waals surface area contributed by atoms with Crippen LogP contribution in [-0.4, -0.2) is 9.25 Å². The molecule has 0 radical (unpaired) electrons. The quantitative estimate of drug-likeness (QED) is 0.375. The fraction of sp³-hybridized carbons (Fsp3) is 0.111. The smallest absolute Gasteiger partial charge is 0.402 e. The monoisotopic (exact) mass is 422 g/mol. The molecule has 0 unspecified atom stereocenters. The number of para-hydroxylation sites is 3. The molecule has 158 valence electrons. The van der Waals surface area contributed by atoms with Crippen LogP contribution in [0.3, 0.4) is 0 Å². The molecule has 5 rings (SSSR count). The molecule has 0 N–H and O–H groups in total. The number of aromatic nitrogens is 4. The van der Waals surface area contributed by atoms with Crippen molar-refractivity contribution in [1.29, 1.82) is 0 Å². The molecule has 32 heavy (non-hydrogen) atoms. The van der Waals surface area contributed by atoms with Crippen LogP contribution in [-0.2, 0) is 7.05 Å². The van der Waals surface area contributed by atoms with Gasteiger partial charge < -0.3 is 4.74 Å². The first-order valence-electron chi connectivity index (χ1n) is 10.7. The van der Waals surface area contributed by atoms with Gasteiger partial charge in [0.05, 0.1) is 7.05 Å². The van der Waals surface area contributed by atoms with Crippen molar-refractivity contribution in [3.05, 3.63) is 115 Å². The van der Waals surface area contributed by atoms with Crippen LogP contribution in [0.2, 0.25) is 0 Å². The molecule has 0 atom stereocenters. The van der Waals surface area contributed by atoms with Gasteiger partial charge in [-0.2, -0.15) is 4.57 Å². The fourth-order valence-corrected chi connectivity index (χ4v) is 3.97. The van der Waals surface area contributed by atoms with E-state index in [0.29, 0.717) is 0 Å². The molecule has 0 saturated carbocycles. The van der Waals surface area contributed by atoms with Gasteiger partial charge in [-0.25, -0.2) is 4.57 Å². The Kier molecular flexibility index (Phi) is 5.07. The summed E-state index contributed by atoms with van der Waals surface area (Å²) >= 11 is 0. The van der Waals surface area contributed by atoms with E-state index in [1.807, 2.05) is 54.6 Å². The molecular weight excluding hydrogens is 396 g/mol. The molecular formula is C27H26N4O+2. The van der Waals surface area contributed by atoms with E-state index in [-0.39, 0.29) is 0 Å². The zero-order chi connectivity index (χ0) is 22.1. The van der Waals surface area contributed by atoms with Gasteiger partial charge in [-0.1, -0.05) is 59.3 Å². The first kappa shape index (κ1) is 19.8. The van der Waals surface area contributed by atoms with Crippen molar-refractivity contribution in [3.8, 4) is 28.8 Å². The highest BCUT2D eigenvalue weighted by molar-refractivity contribution is 5.44. The summed E-state index contributed by atoms with van der Waals surface area (Å²) in [6.07, 6.45) is 6.13. The molecule has 0 aliphatic heterocycles. The van der Waals surface area contributed by atoms with Crippen LogP contribution in [0.25, 0.3) is 17.2 Å². The van der Waals surface area contributed by atoms with Crippen molar-refractivity contribution in [2.24, 2.45) is 7.05 Å². The van der Waals surface area contributed by atoms with Gasteiger partial charge in [0.25, 0.3) is 5.82 Å². The summed E-state index contributed by atoms with van der Waals surface area (Å²) in [5.74, 6) is 2.60. The van der Waals surface area contributed by atoms with Gasteiger partial charge in [-0.15, -0.1) is 0 Å². The van der Waals surface area contributed by atoms with Crippen molar-refractivity contribution in [1.82, 2.24) is 9.25 Å². The number of nitrogens with zero attached hydrogens (tertiary/aromatic N) is 4. The minimum absolute atomic E-state index is 0.740.